The van der Waals surface area contributed by atoms with Crippen LogP contribution < -0.4 is 5.32 Å². The molecule has 0 spiro atoms. The number of nitrogens with zero attached hydrogens (tertiary/aromatic N) is 1. The number of nitrogens with one attached hydrogen (secondary N) is 1. The number of amides is 2. The normalized spacial score (nSPS) is 18.0. The summed E-state index contributed by atoms with van der Waals surface area (Å²) in [5, 5.41) is 6.26. The van der Waals surface area contributed by atoms with Gasteiger partial charge in [0, 0.05) is 41.8 Å². The Bertz CT molecular complexity index is 1090. The summed E-state index contributed by atoms with van der Waals surface area (Å²) in [5.41, 5.74) is 1.70. The number of hydrogen-bond acceptors (Lipinski definition) is 5. The quantitative estimate of drug-likeness (QED) is 0.432. The number of thiophene rings is 1. The van der Waals surface area contributed by atoms with Crippen LogP contribution in [0.15, 0.2) is 50.4 Å². The predicted octanol–water partition coefficient (Wildman–Crippen LogP) is 6.09. The van der Waals surface area contributed by atoms with Gasteiger partial charge in [0.05, 0.1) is 4.21 Å². The number of para-hydroxylation sites is 1. The lowest BCUT2D eigenvalue weighted by Crippen LogP contribution is -2.48. The second kappa shape index (κ2) is 10.3. The molecule has 2 aliphatic rings. The van der Waals surface area contributed by atoms with Gasteiger partial charge in [-0.1, -0.05) is 43.5 Å². The van der Waals surface area contributed by atoms with Crippen molar-refractivity contribution in [3.8, 4) is 0 Å². The highest BCUT2D eigenvalue weighted by Gasteiger charge is 2.30. The Morgan fingerprint density at radius 3 is 2.58 bits per heavy atom. The van der Waals surface area contributed by atoms with Crippen LogP contribution in [0.5, 0.6) is 0 Å². The van der Waals surface area contributed by atoms with Crippen LogP contribution in [-0.2, 0) is 10.5 Å². The van der Waals surface area contributed by atoms with E-state index in [4.69, 9.17) is 4.42 Å². The fourth-order valence-electron chi connectivity index (χ4n) is 5.02. The van der Waals surface area contributed by atoms with Gasteiger partial charge in [-0.2, -0.15) is 0 Å². The van der Waals surface area contributed by atoms with E-state index in [9.17, 15) is 9.59 Å². The Balaban J connectivity index is 1.23. The summed E-state index contributed by atoms with van der Waals surface area (Å²) in [7, 11) is 0. The second-order valence-electron chi connectivity index (χ2n) is 9.03. The average Bonchev–Trinajstić information content (AvgIpc) is 3.51. The van der Waals surface area contributed by atoms with Crippen LogP contribution >= 0.6 is 23.1 Å². The monoisotopic (exact) mass is 482 g/mol. The van der Waals surface area contributed by atoms with E-state index in [0.29, 0.717) is 17.4 Å². The van der Waals surface area contributed by atoms with Gasteiger partial charge >= 0.3 is 0 Å². The topological polar surface area (TPSA) is 62.6 Å². The van der Waals surface area contributed by atoms with Crippen molar-refractivity contribution >= 4 is 45.9 Å². The minimum atomic E-state index is -0.148. The molecule has 0 atom stereocenters. The molecule has 2 amide bonds. The highest BCUT2D eigenvalue weighted by atomic mass is 32.2. The lowest BCUT2D eigenvalue weighted by atomic mass is 9.87. The third-order valence-electron chi connectivity index (χ3n) is 6.85. The summed E-state index contributed by atoms with van der Waals surface area (Å²) >= 11 is 3.43. The van der Waals surface area contributed by atoms with Crippen LogP contribution in [0.1, 0.15) is 61.1 Å². The zero-order chi connectivity index (χ0) is 22.6. The molecule has 1 saturated heterocycles. The Hall–Kier alpha value is -2.25. The van der Waals surface area contributed by atoms with E-state index in [-0.39, 0.29) is 17.9 Å². The minimum absolute atomic E-state index is 0.0684. The largest absolute Gasteiger partial charge is 0.451 e. The molecule has 7 heteroatoms. The first-order valence-electron chi connectivity index (χ1n) is 12.0. The first kappa shape index (κ1) is 22.5. The molecule has 1 N–H and O–H groups in total. The number of fused-ring (bicyclic) bond motifs is 1. The highest BCUT2D eigenvalue weighted by molar-refractivity contribution is 8.00. The minimum Gasteiger partial charge on any atom is -0.451 e. The van der Waals surface area contributed by atoms with Crippen molar-refractivity contribution in [3.63, 3.8) is 0 Å². The van der Waals surface area contributed by atoms with E-state index in [1.165, 1.54) is 23.5 Å². The highest BCUT2D eigenvalue weighted by Crippen LogP contribution is 2.34. The molecule has 3 aromatic rings. The summed E-state index contributed by atoms with van der Waals surface area (Å²) < 4.78 is 7.25. The van der Waals surface area contributed by atoms with Crippen LogP contribution in [-0.4, -0.2) is 35.8 Å². The zero-order valence-corrected chi connectivity index (χ0v) is 20.4. The molecule has 174 valence electrons. The molecule has 5 nitrogen and oxygen atoms in total. The molecule has 0 unspecified atom stereocenters. The average molecular weight is 483 g/mol. The van der Waals surface area contributed by atoms with E-state index in [1.54, 1.807) is 23.1 Å². The summed E-state index contributed by atoms with van der Waals surface area (Å²) in [6.07, 6.45) is 7.27. The van der Waals surface area contributed by atoms with Crippen molar-refractivity contribution in [1.29, 1.82) is 0 Å². The van der Waals surface area contributed by atoms with Gasteiger partial charge < -0.3 is 14.6 Å². The van der Waals surface area contributed by atoms with Crippen molar-refractivity contribution < 1.29 is 14.0 Å². The number of carbonyl (C=O) groups excluding carboxylic acids is 2. The smallest absolute Gasteiger partial charge is 0.287 e. The van der Waals surface area contributed by atoms with Gasteiger partial charge in [-0.3, -0.25) is 9.59 Å². The molecular weight excluding hydrogens is 452 g/mol. The van der Waals surface area contributed by atoms with Gasteiger partial charge in [0.25, 0.3) is 5.91 Å². The molecule has 0 bridgehead atoms. The Kier molecular flexibility index (Phi) is 7.07. The summed E-state index contributed by atoms with van der Waals surface area (Å²) in [6, 6.07) is 12.1. The summed E-state index contributed by atoms with van der Waals surface area (Å²) in [5.74, 6) is 1.49. The number of rotatable bonds is 6. The standard InChI is InChI=1S/C26H30N2O3S2/c29-25(27-19-12-14-28(15-13-19)26(30)18-7-2-1-3-8-18)24-21(17-33-23-11-6-16-32-23)20-9-4-5-10-22(20)31-24/h4-6,9-11,16,18-19H,1-3,7-8,12-15,17H2,(H,27,29). The Labute approximate surface area is 202 Å². The van der Waals surface area contributed by atoms with Crippen LogP contribution in [0.4, 0.5) is 0 Å². The zero-order valence-electron chi connectivity index (χ0n) is 18.8. The maximum atomic E-state index is 13.2. The molecule has 2 fully saturated rings. The lowest BCUT2D eigenvalue weighted by molar-refractivity contribution is -0.137. The first-order chi connectivity index (χ1) is 16.2. The molecule has 1 aliphatic carbocycles. The molecule has 0 radical (unpaired) electrons. The van der Waals surface area contributed by atoms with Crippen LogP contribution in [0.2, 0.25) is 0 Å². The molecule has 1 aromatic carbocycles. The Morgan fingerprint density at radius 1 is 1.03 bits per heavy atom. The predicted molar refractivity (Wildman–Crippen MR) is 134 cm³/mol. The number of hydrogen-bond donors (Lipinski definition) is 1. The van der Waals surface area contributed by atoms with E-state index in [2.05, 4.69) is 16.8 Å². The SMILES string of the molecule is O=C(NC1CCN(C(=O)C2CCCCC2)CC1)c1oc2ccccc2c1CSc1cccs1. The van der Waals surface area contributed by atoms with Crippen molar-refractivity contribution in [2.75, 3.05) is 13.1 Å². The van der Waals surface area contributed by atoms with Gasteiger partial charge in [-0.15, -0.1) is 23.1 Å². The maximum Gasteiger partial charge on any atom is 0.287 e. The van der Waals surface area contributed by atoms with Crippen LogP contribution in [0, 0.1) is 5.92 Å². The maximum absolute atomic E-state index is 13.2. The summed E-state index contributed by atoms with van der Waals surface area (Å²) in [6.45, 7) is 1.45. The number of furan rings is 1. The van der Waals surface area contributed by atoms with Crippen LogP contribution in [0.25, 0.3) is 11.0 Å². The van der Waals surface area contributed by atoms with E-state index in [1.807, 2.05) is 35.2 Å². The van der Waals surface area contributed by atoms with E-state index >= 15 is 0 Å². The molecule has 2 aromatic heterocycles. The molecule has 1 saturated carbocycles. The fourth-order valence-corrected chi connectivity index (χ4v) is 6.83. The number of carbonyl (C=O) groups is 2. The van der Waals surface area contributed by atoms with Crippen molar-refractivity contribution in [1.82, 2.24) is 10.2 Å². The Morgan fingerprint density at radius 2 is 1.82 bits per heavy atom. The molecule has 1 aliphatic heterocycles. The number of likely N-dealkylation sites (tertiary alicyclic amines) is 1. The third kappa shape index (κ3) is 5.14. The van der Waals surface area contributed by atoms with Crippen molar-refractivity contribution in [2.45, 2.75) is 60.9 Å². The van der Waals surface area contributed by atoms with Crippen molar-refractivity contribution in [3.05, 3.63) is 53.1 Å². The van der Waals surface area contributed by atoms with Gasteiger partial charge in [0.2, 0.25) is 5.91 Å². The van der Waals surface area contributed by atoms with Crippen molar-refractivity contribution in [2.24, 2.45) is 5.92 Å². The number of piperidine rings is 1. The van der Waals surface area contributed by atoms with E-state index < -0.39 is 0 Å². The molecular formula is C26H30N2O3S2. The van der Waals surface area contributed by atoms with Gasteiger partial charge in [0.1, 0.15) is 5.58 Å². The summed E-state index contributed by atoms with van der Waals surface area (Å²) in [4.78, 5) is 28.1. The molecule has 5 rings (SSSR count). The van der Waals surface area contributed by atoms with Crippen LogP contribution in [0.3, 0.4) is 0 Å². The number of benzene rings is 1. The molecule has 3 heterocycles. The van der Waals surface area contributed by atoms with Gasteiger partial charge in [-0.05, 0) is 43.2 Å². The molecule has 33 heavy (non-hydrogen) atoms. The third-order valence-corrected chi connectivity index (χ3v) is 9.01. The fraction of sp³-hybridized carbons (Fsp3) is 0.462. The second-order valence-corrected chi connectivity index (χ2v) is 11.3. The number of thioether (sulfide) groups is 1. The van der Waals surface area contributed by atoms with Gasteiger partial charge in [-0.25, -0.2) is 0 Å². The lowest BCUT2D eigenvalue weighted by Gasteiger charge is -2.35. The van der Waals surface area contributed by atoms with E-state index in [0.717, 1.165) is 55.3 Å². The van der Waals surface area contributed by atoms with Gasteiger partial charge in [0.15, 0.2) is 5.76 Å². The first-order valence-corrected chi connectivity index (χ1v) is 13.8.